The Hall–Kier alpha value is -2.59. The topological polar surface area (TPSA) is 96.0 Å². The van der Waals surface area contributed by atoms with Crippen molar-refractivity contribution in [2.45, 2.75) is 51.2 Å². The van der Waals surface area contributed by atoms with E-state index in [4.69, 9.17) is 4.74 Å². The molecule has 1 saturated carbocycles. The van der Waals surface area contributed by atoms with Crippen molar-refractivity contribution in [1.82, 2.24) is 10.2 Å². The quantitative estimate of drug-likeness (QED) is 0.473. The molecule has 0 bridgehead atoms. The van der Waals surface area contributed by atoms with Crippen LogP contribution < -0.4 is 14.4 Å². The average molecular weight is 567 g/mol. The molecular weight excluding hydrogens is 534 g/mol. The molecule has 1 unspecified atom stereocenters. The lowest BCUT2D eigenvalue weighted by atomic mass is 10.1. The van der Waals surface area contributed by atoms with Gasteiger partial charge >= 0.3 is 0 Å². The third kappa shape index (κ3) is 7.44. The Bertz CT molecular complexity index is 1120. The summed E-state index contributed by atoms with van der Waals surface area (Å²) in [7, 11) is -2.25. The number of halogens is 1. The number of ether oxygens (including phenoxy) is 1. The van der Waals surface area contributed by atoms with E-state index in [1.807, 2.05) is 24.3 Å². The molecule has 0 spiro atoms. The predicted octanol–water partition coefficient (Wildman–Crippen LogP) is 3.70. The normalized spacial score (nSPS) is 14.9. The highest BCUT2D eigenvalue weighted by atomic mass is 79.9. The van der Waals surface area contributed by atoms with Crippen LogP contribution in [0.4, 0.5) is 5.69 Å². The molecule has 0 radical (unpaired) electrons. The van der Waals surface area contributed by atoms with Crippen LogP contribution in [0.3, 0.4) is 0 Å². The summed E-state index contributed by atoms with van der Waals surface area (Å²) in [5.41, 5.74) is 1.17. The van der Waals surface area contributed by atoms with Crippen LogP contribution in [-0.2, 0) is 26.2 Å². The van der Waals surface area contributed by atoms with E-state index in [0.29, 0.717) is 11.4 Å². The van der Waals surface area contributed by atoms with E-state index < -0.39 is 28.5 Å². The Morgan fingerprint density at radius 3 is 2.23 bits per heavy atom. The first-order valence-electron chi connectivity index (χ1n) is 11.5. The second kappa shape index (κ2) is 11.9. The minimum absolute atomic E-state index is 0.112. The van der Waals surface area contributed by atoms with E-state index in [9.17, 15) is 18.0 Å². The number of amides is 2. The van der Waals surface area contributed by atoms with E-state index >= 15 is 0 Å². The Kier molecular flexibility index (Phi) is 9.18. The highest BCUT2D eigenvalue weighted by Crippen LogP contribution is 2.23. The number of carbonyl (C=O) groups is 2. The summed E-state index contributed by atoms with van der Waals surface area (Å²) in [6, 6.07) is 13.2. The van der Waals surface area contributed by atoms with Crippen LogP contribution in [0.25, 0.3) is 0 Å². The molecule has 0 aromatic heterocycles. The Morgan fingerprint density at radius 1 is 1.09 bits per heavy atom. The fourth-order valence-corrected chi connectivity index (χ4v) is 5.24. The minimum Gasteiger partial charge on any atom is -0.497 e. The lowest BCUT2D eigenvalue weighted by Crippen LogP contribution is -2.52. The summed E-state index contributed by atoms with van der Waals surface area (Å²) < 4.78 is 32.3. The van der Waals surface area contributed by atoms with Crippen molar-refractivity contribution in [3.05, 3.63) is 58.6 Å². The van der Waals surface area contributed by atoms with Crippen molar-refractivity contribution in [1.29, 1.82) is 0 Å². The van der Waals surface area contributed by atoms with Gasteiger partial charge < -0.3 is 15.0 Å². The number of hydrogen-bond donors (Lipinski definition) is 1. The van der Waals surface area contributed by atoms with Crippen LogP contribution in [0.5, 0.6) is 5.75 Å². The monoisotopic (exact) mass is 565 g/mol. The zero-order valence-electron chi connectivity index (χ0n) is 20.2. The molecule has 35 heavy (non-hydrogen) atoms. The lowest BCUT2D eigenvalue weighted by molar-refractivity contribution is -0.139. The number of hydrogen-bond acceptors (Lipinski definition) is 5. The number of anilines is 1. The third-order valence-electron chi connectivity index (χ3n) is 6.17. The molecule has 1 atom stereocenters. The molecular formula is C25H32BrN3O5S. The predicted molar refractivity (Wildman–Crippen MR) is 140 cm³/mol. The first-order valence-corrected chi connectivity index (χ1v) is 14.2. The number of methoxy groups -OCH3 is 1. The number of benzene rings is 2. The van der Waals surface area contributed by atoms with Crippen molar-refractivity contribution in [3.8, 4) is 5.75 Å². The maximum absolute atomic E-state index is 13.6. The van der Waals surface area contributed by atoms with E-state index in [-0.39, 0.29) is 18.5 Å². The average Bonchev–Trinajstić information content (AvgIpc) is 3.34. The number of nitrogens with one attached hydrogen (secondary N) is 1. The smallest absolute Gasteiger partial charge is 0.244 e. The third-order valence-corrected chi connectivity index (χ3v) is 7.84. The van der Waals surface area contributed by atoms with Crippen molar-refractivity contribution in [2.24, 2.45) is 0 Å². The van der Waals surface area contributed by atoms with E-state index in [2.05, 4.69) is 21.2 Å². The van der Waals surface area contributed by atoms with Gasteiger partial charge in [-0.05, 0) is 61.7 Å². The summed E-state index contributed by atoms with van der Waals surface area (Å²) in [5, 5.41) is 3.05. The van der Waals surface area contributed by atoms with Gasteiger partial charge in [-0.1, -0.05) is 40.9 Å². The Balaban J connectivity index is 1.86. The molecule has 2 aromatic rings. The van der Waals surface area contributed by atoms with E-state index in [1.165, 1.54) is 12.0 Å². The van der Waals surface area contributed by atoms with Crippen molar-refractivity contribution in [3.63, 3.8) is 0 Å². The maximum atomic E-state index is 13.6. The summed E-state index contributed by atoms with van der Waals surface area (Å²) in [6.07, 6.45) is 5.06. The Morgan fingerprint density at radius 2 is 1.69 bits per heavy atom. The molecule has 2 amide bonds. The van der Waals surface area contributed by atoms with Gasteiger partial charge in [-0.3, -0.25) is 13.9 Å². The first kappa shape index (κ1) is 27.0. The van der Waals surface area contributed by atoms with Gasteiger partial charge in [0.15, 0.2) is 0 Å². The zero-order chi connectivity index (χ0) is 25.6. The van der Waals surface area contributed by atoms with E-state index in [0.717, 1.165) is 46.3 Å². The number of rotatable bonds is 10. The second-order valence-electron chi connectivity index (χ2n) is 8.78. The fraction of sp³-hybridized carbons (Fsp3) is 0.440. The molecule has 0 heterocycles. The molecule has 1 N–H and O–H groups in total. The van der Waals surface area contributed by atoms with Crippen molar-refractivity contribution in [2.75, 3.05) is 24.2 Å². The fourth-order valence-electron chi connectivity index (χ4n) is 4.12. The summed E-state index contributed by atoms with van der Waals surface area (Å²) >= 11 is 3.41. The Labute approximate surface area is 215 Å². The SMILES string of the molecule is COc1ccc(N(CC(=O)N(Cc2ccc(Br)cc2)C(C)C(=O)NC2CCCC2)S(C)(=O)=O)cc1. The van der Waals surface area contributed by atoms with Crippen molar-refractivity contribution >= 4 is 43.5 Å². The van der Waals surface area contributed by atoms with Crippen LogP contribution in [0.2, 0.25) is 0 Å². The molecule has 1 fully saturated rings. The molecule has 2 aromatic carbocycles. The van der Waals surface area contributed by atoms with Gasteiger partial charge in [0.05, 0.1) is 19.1 Å². The van der Waals surface area contributed by atoms with Gasteiger partial charge in [-0.25, -0.2) is 8.42 Å². The van der Waals surface area contributed by atoms with Gasteiger partial charge in [-0.2, -0.15) is 0 Å². The zero-order valence-corrected chi connectivity index (χ0v) is 22.6. The minimum atomic E-state index is -3.77. The van der Waals surface area contributed by atoms with Crippen LogP contribution >= 0.6 is 15.9 Å². The highest BCUT2D eigenvalue weighted by Gasteiger charge is 2.31. The second-order valence-corrected chi connectivity index (χ2v) is 11.6. The maximum Gasteiger partial charge on any atom is 0.244 e. The standard InChI is InChI=1S/C25H32BrN3O5S/c1-18(25(31)27-21-6-4-5-7-21)28(16-19-8-10-20(26)11-9-19)24(30)17-29(35(3,32)33)22-12-14-23(34-2)15-13-22/h8-15,18,21H,4-7,16-17H2,1-3H3,(H,27,31). The van der Waals surface area contributed by atoms with Crippen molar-refractivity contribution < 1.29 is 22.7 Å². The largest absolute Gasteiger partial charge is 0.497 e. The van der Waals surface area contributed by atoms with Crippen LogP contribution in [0, 0.1) is 0 Å². The summed E-state index contributed by atoms with van der Waals surface area (Å²) in [4.78, 5) is 28.1. The highest BCUT2D eigenvalue weighted by molar-refractivity contribution is 9.10. The van der Waals surface area contributed by atoms with Gasteiger partial charge in [0.25, 0.3) is 0 Å². The number of sulfonamides is 1. The number of carbonyl (C=O) groups excluding carboxylic acids is 2. The summed E-state index contributed by atoms with van der Waals surface area (Å²) in [6.45, 7) is 1.42. The first-order chi connectivity index (χ1) is 16.6. The molecule has 0 saturated heterocycles. The van der Waals surface area contributed by atoms with Crippen LogP contribution in [0.1, 0.15) is 38.2 Å². The molecule has 8 nitrogen and oxygen atoms in total. The molecule has 0 aliphatic heterocycles. The lowest BCUT2D eigenvalue weighted by Gasteiger charge is -2.32. The van der Waals surface area contributed by atoms with E-state index in [1.54, 1.807) is 31.2 Å². The summed E-state index contributed by atoms with van der Waals surface area (Å²) in [5.74, 6) is -0.136. The molecule has 1 aliphatic rings. The van der Waals surface area contributed by atoms with Crippen LogP contribution in [-0.4, -0.2) is 57.1 Å². The number of nitrogens with zero attached hydrogens (tertiary/aromatic N) is 2. The van der Waals surface area contributed by atoms with Gasteiger partial charge in [0.1, 0.15) is 18.3 Å². The van der Waals surface area contributed by atoms with Gasteiger partial charge in [-0.15, -0.1) is 0 Å². The molecule has 3 rings (SSSR count). The molecule has 1 aliphatic carbocycles. The van der Waals surface area contributed by atoms with Gasteiger partial charge in [0, 0.05) is 17.1 Å². The van der Waals surface area contributed by atoms with Crippen LogP contribution in [0.15, 0.2) is 53.0 Å². The molecule has 10 heteroatoms. The molecule has 190 valence electrons. The van der Waals surface area contributed by atoms with Gasteiger partial charge in [0.2, 0.25) is 21.8 Å².